The molecule has 1 amide bonds. The second-order valence-corrected chi connectivity index (χ2v) is 6.13. The van der Waals surface area contributed by atoms with E-state index in [4.69, 9.17) is 10.6 Å². The molecular weight excluding hydrogens is 337 g/mol. The topological polar surface area (TPSA) is 92.5 Å². The maximum atomic E-state index is 14.7. The number of halogens is 1. The van der Waals surface area contributed by atoms with Gasteiger partial charge in [-0.15, -0.1) is 0 Å². The number of amides is 1. The van der Waals surface area contributed by atoms with Gasteiger partial charge in [-0.2, -0.15) is 0 Å². The fraction of sp³-hybridized carbons (Fsp3) is 0.444. The van der Waals surface area contributed by atoms with E-state index in [-0.39, 0.29) is 17.3 Å². The summed E-state index contributed by atoms with van der Waals surface area (Å²) in [6.07, 6.45) is 6.39. The number of carbonyl (C=O) groups excluding carboxylic acids is 1. The summed E-state index contributed by atoms with van der Waals surface area (Å²) >= 11 is 0. The zero-order valence-corrected chi connectivity index (χ0v) is 15.1. The third-order valence-corrected chi connectivity index (χ3v) is 4.27. The lowest BCUT2D eigenvalue weighted by atomic mass is 10.1. The van der Waals surface area contributed by atoms with E-state index in [9.17, 15) is 9.18 Å². The van der Waals surface area contributed by atoms with Crippen molar-refractivity contribution in [3.8, 4) is 5.75 Å². The van der Waals surface area contributed by atoms with Crippen LogP contribution in [0.4, 0.5) is 4.39 Å². The molecule has 1 aromatic rings. The van der Waals surface area contributed by atoms with E-state index in [2.05, 4.69) is 27.2 Å². The van der Waals surface area contributed by atoms with Gasteiger partial charge in [0.25, 0.3) is 0 Å². The summed E-state index contributed by atoms with van der Waals surface area (Å²) in [6.45, 7) is 6.74. The average molecular weight is 363 g/mol. The monoisotopic (exact) mass is 363 g/mol. The number of aromatic nitrogens is 1. The summed E-state index contributed by atoms with van der Waals surface area (Å²) in [7, 11) is 1.49. The number of allylic oxidation sites excluding steroid dienone is 2. The zero-order valence-electron chi connectivity index (χ0n) is 15.1. The summed E-state index contributed by atoms with van der Waals surface area (Å²) in [5.41, 5.74) is 2.67. The average Bonchev–Trinajstić information content (AvgIpc) is 3.18. The van der Waals surface area contributed by atoms with Crippen LogP contribution in [0.1, 0.15) is 31.2 Å². The number of nitrogens with two attached hydrogens (primary N) is 1. The lowest BCUT2D eigenvalue weighted by molar-refractivity contribution is -0.120. The molecule has 0 spiro atoms. The van der Waals surface area contributed by atoms with E-state index in [1.165, 1.54) is 32.3 Å². The van der Waals surface area contributed by atoms with Crippen LogP contribution in [0.2, 0.25) is 0 Å². The third-order valence-electron chi connectivity index (χ3n) is 4.27. The number of nitrogens with one attached hydrogen (secondary N) is 2. The quantitative estimate of drug-likeness (QED) is 0.351. The van der Waals surface area contributed by atoms with Crippen molar-refractivity contribution in [1.29, 1.82) is 0 Å². The van der Waals surface area contributed by atoms with Crippen molar-refractivity contribution in [3.63, 3.8) is 0 Å². The highest BCUT2D eigenvalue weighted by Crippen LogP contribution is 2.25. The number of rotatable bonds is 9. The molecule has 7 nitrogen and oxygen atoms in total. The zero-order chi connectivity index (χ0) is 18.9. The van der Waals surface area contributed by atoms with Gasteiger partial charge in [0.2, 0.25) is 5.91 Å². The van der Waals surface area contributed by atoms with Gasteiger partial charge in [-0.25, -0.2) is 10.2 Å². The van der Waals surface area contributed by atoms with Crippen molar-refractivity contribution in [2.75, 3.05) is 26.7 Å². The summed E-state index contributed by atoms with van der Waals surface area (Å²) in [5.74, 6) is 4.57. The lowest BCUT2D eigenvalue weighted by Crippen LogP contribution is -2.36. The molecule has 0 bridgehead atoms. The summed E-state index contributed by atoms with van der Waals surface area (Å²) in [5, 5.41) is 2.47. The number of carbonyl (C=O) groups is 1. The van der Waals surface area contributed by atoms with Gasteiger partial charge in [0.05, 0.1) is 13.3 Å². The minimum absolute atomic E-state index is 0.0433. The minimum Gasteiger partial charge on any atom is -0.495 e. The van der Waals surface area contributed by atoms with Crippen LogP contribution in [0.15, 0.2) is 36.7 Å². The predicted octanol–water partition coefficient (Wildman–Crippen LogP) is 1.70. The molecule has 142 valence electrons. The molecule has 0 aromatic carbocycles. The number of hydrogen-bond donors (Lipinski definition) is 3. The Hall–Kier alpha value is -2.45. The molecule has 0 saturated carbocycles. The summed E-state index contributed by atoms with van der Waals surface area (Å²) in [6, 6.07) is 1.60. The van der Waals surface area contributed by atoms with Crippen molar-refractivity contribution in [2.24, 2.45) is 5.84 Å². The first kappa shape index (κ1) is 19.9. The van der Waals surface area contributed by atoms with Crippen LogP contribution in [0.3, 0.4) is 0 Å². The number of methoxy groups -OCH3 is 1. The molecule has 2 rings (SSSR count). The molecule has 0 radical (unpaired) electrons. The van der Waals surface area contributed by atoms with Crippen molar-refractivity contribution >= 4 is 11.5 Å². The van der Waals surface area contributed by atoms with Crippen LogP contribution in [-0.2, 0) is 4.79 Å². The molecule has 2 heterocycles. The maximum absolute atomic E-state index is 14.7. The Balaban J connectivity index is 1.95. The summed E-state index contributed by atoms with van der Waals surface area (Å²) in [4.78, 5) is 18.3. The number of hydrazine groups is 1. The highest BCUT2D eigenvalue weighted by Gasteiger charge is 2.16. The van der Waals surface area contributed by atoms with Crippen molar-refractivity contribution < 1.29 is 13.9 Å². The molecule has 0 atom stereocenters. The van der Waals surface area contributed by atoms with E-state index in [0.717, 1.165) is 19.6 Å². The molecule has 0 aliphatic carbocycles. The first-order valence-electron chi connectivity index (χ1n) is 8.62. The first-order valence-corrected chi connectivity index (χ1v) is 8.62. The normalized spacial score (nSPS) is 15.3. The number of nitrogens with zero attached hydrogens (tertiary/aromatic N) is 2. The van der Waals surface area contributed by atoms with E-state index in [1.54, 1.807) is 6.07 Å². The molecule has 4 N–H and O–H groups in total. The van der Waals surface area contributed by atoms with Gasteiger partial charge in [0, 0.05) is 23.8 Å². The molecule has 26 heavy (non-hydrogen) atoms. The standard InChI is InChI=1S/C18H26FN5O2/c1-13(14-10-15(26-2)12-21-11-14)17(19)18(23-20)22-16(25)6-5-9-24-7-3-4-8-24/h10-12,23H,1,3-9,20H2,2H3,(H,22,25)/b18-17+. The van der Waals surface area contributed by atoms with Crippen LogP contribution < -0.4 is 21.3 Å². The Kier molecular flexibility index (Phi) is 7.55. The molecule has 0 unspecified atom stereocenters. The fourth-order valence-electron chi connectivity index (χ4n) is 2.80. The largest absolute Gasteiger partial charge is 0.495 e. The van der Waals surface area contributed by atoms with Gasteiger partial charge in [-0.3, -0.25) is 9.78 Å². The van der Waals surface area contributed by atoms with Crippen LogP contribution in [0.5, 0.6) is 5.75 Å². The minimum atomic E-state index is -0.754. The third kappa shape index (κ3) is 5.53. The second-order valence-electron chi connectivity index (χ2n) is 6.13. The Labute approximate surface area is 153 Å². The Bertz CT molecular complexity index is 671. The number of pyridine rings is 1. The second kappa shape index (κ2) is 9.88. The predicted molar refractivity (Wildman–Crippen MR) is 98.3 cm³/mol. The van der Waals surface area contributed by atoms with Crippen LogP contribution in [0, 0.1) is 0 Å². The van der Waals surface area contributed by atoms with Gasteiger partial charge >= 0.3 is 0 Å². The van der Waals surface area contributed by atoms with Crippen molar-refractivity contribution in [2.45, 2.75) is 25.7 Å². The van der Waals surface area contributed by atoms with Gasteiger partial charge in [-0.05, 0) is 45.0 Å². The van der Waals surface area contributed by atoms with Gasteiger partial charge in [-0.1, -0.05) is 6.58 Å². The highest BCUT2D eigenvalue weighted by molar-refractivity contribution is 5.81. The van der Waals surface area contributed by atoms with Gasteiger partial charge in [0.15, 0.2) is 11.6 Å². The molecule has 8 heteroatoms. The maximum Gasteiger partial charge on any atom is 0.225 e. The molecule has 1 fully saturated rings. The van der Waals surface area contributed by atoms with Gasteiger partial charge < -0.3 is 20.4 Å². The van der Waals surface area contributed by atoms with Crippen LogP contribution in [-0.4, -0.2) is 42.5 Å². The van der Waals surface area contributed by atoms with Crippen molar-refractivity contribution in [3.05, 3.63) is 42.3 Å². The first-order chi connectivity index (χ1) is 12.5. The van der Waals surface area contributed by atoms with E-state index >= 15 is 0 Å². The summed E-state index contributed by atoms with van der Waals surface area (Å²) < 4.78 is 19.7. The van der Waals surface area contributed by atoms with E-state index in [0.29, 0.717) is 24.2 Å². The number of likely N-dealkylation sites (tertiary alicyclic amines) is 1. The molecular formula is C18H26FN5O2. The molecule has 1 saturated heterocycles. The van der Waals surface area contributed by atoms with Crippen molar-refractivity contribution in [1.82, 2.24) is 20.6 Å². The number of hydrogen-bond acceptors (Lipinski definition) is 6. The Morgan fingerprint density at radius 2 is 2.15 bits per heavy atom. The fourth-order valence-corrected chi connectivity index (χ4v) is 2.80. The Morgan fingerprint density at radius 3 is 2.81 bits per heavy atom. The number of ether oxygens (including phenoxy) is 1. The van der Waals surface area contributed by atoms with E-state index in [1.807, 2.05) is 0 Å². The molecule has 1 aromatic heterocycles. The SMILES string of the molecule is C=C(/C(F)=C(\NN)NC(=O)CCCN1CCCC1)c1cncc(OC)c1. The van der Waals surface area contributed by atoms with Crippen LogP contribution >= 0.6 is 0 Å². The molecule has 1 aliphatic heterocycles. The smallest absolute Gasteiger partial charge is 0.225 e. The van der Waals surface area contributed by atoms with Gasteiger partial charge in [0.1, 0.15) is 5.75 Å². The van der Waals surface area contributed by atoms with E-state index < -0.39 is 5.83 Å². The lowest BCUT2D eigenvalue weighted by Gasteiger charge is -2.15. The molecule has 1 aliphatic rings. The van der Waals surface area contributed by atoms with Crippen LogP contribution in [0.25, 0.3) is 5.57 Å². The highest BCUT2D eigenvalue weighted by atomic mass is 19.1. The Morgan fingerprint density at radius 1 is 1.42 bits per heavy atom.